The van der Waals surface area contributed by atoms with Gasteiger partial charge in [-0.25, -0.2) is 9.59 Å². The SMILES string of the molecule is CC1(CNC(=O)N2CCC(OCC(=O)O)CC2)CCC1. The van der Waals surface area contributed by atoms with Crippen molar-refractivity contribution in [2.45, 2.75) is 45.1 Å². The van der Waals surface area contributed by atoms with Gasteiger partial charge in [0.1, 0.15) is 6.61 Å². The van der Waals surface area contributed by atoms with E-state index in [9.17, 15) is 9.59 Å². The number of rotatable bonds is 5. The fourth-order valence-electron chi connectivity index (χ4n) is 2.77. The summed E-state index contributed by atoms with van der Waals surface area (Å²) in [6, 6.07) is -0.00481. The molecule has 2 fully saturated rings. The lowest BCUT2D eigenvalue weighted by Gasteiger charge is -2.39. The lowest BCUT2D eigenvalue weighted by Crippen LogP contribution is -2.49. The molecule has 0 radical (unpaired) electrons. The summed E-state index contributed by atoms with van der Waals surface area (Å²) in [4.78, 5) is 24.3. The fraction of sp³-hybridized carbons (Fsp3) is 0.857. The van der Waals surface area contributed by atoms with Crippen LogP contribution in [0.25, 0.3) is 0 Å². The number of likely N-dealkylation sites (tertiary alicyclic amines) is 1. The average Bonchev–Trinajstić information content (AvgIpc) is 2.41. The molecule has 1 heterocycles. The smallest absolute Gasteiger partial charge is 0.329 e. The zero-order chi connectivity index (χ0) is 14.6. The van der Waals surface area contributed by atoms with Crippen LogP contribution < -0.4 is 5.32 Å². The van der Waals surface area contributed by atoms with Crippen LogP contribution in [0.5, 0.6) is 0 Å². The van der Waals surface area contributed by atoms with Crippen molar-refractivity contribution >= 4 is 12.0 Å². The van der Waals surface area contributed by atoms with Gasteiger partial charge >= 0.3 is 12.0 Å². The number of carboxylic acids is 1. The van der Waals surface area contributed by atoms with E-state index in [4.69, 9.17) is 9.84 Å². The molecule has 0 aromatic carbocycles. The van der Waals surface area contributed by atoms with E-state index in [2.05, 4.69) is 12.2 Å². The van der Waals surface area contributed by atoms with Crippen molar-refractivity contribution in [3.8, 4) is 0 Å². The molecule has 0 spiro atoms. The number of carbonyl (C=O) groups is 2. The van der Waals surface area contributed by atoms with Gasteiger partial charge in [-0.1, -0.05) is 13.3 Å². The normalized spacial score (nSPS) is 22.1. The minimum absolute atomic E-state index is 0.00481. The van der Waals surface area contributed by atoms with Crippen LogP contribution in [0.3, 0.4) is 0 Å². The third kappa shape index (κ3) is 4.10. The van der Waals surface area contributed by atoms with Crippen molar-refractivity contribution in [1.82, 2.24) is 10.2 Å². The molecule has 0 bridgehead atoms. The predicted octanol–water partition coefficient (Wildman–Crippen LogP) is 1.45. The van der Waals surface area contributed by atoms with Gasteiger partial charge in [0.05, 0.1) is 6.10 Å². The second-order valence-electron chi connectivity index (χ2n) is 6.21. The molecule has 20 heavy (non-hydrogen) atoms. The molecule has 0 atom stereocenters. The topological polar surface area (TPSA) is 78.9 Å². The molecule has 1 aliphatic heterocycles. The number of hydrogen-bond donors (Lipinski definition) is 2. The van der Waals surface area contributed by atoms with E-state index in [-0.39, 0.29) is 18.7 Å². The lowest BCUT2D eigenvalue weighted by atomic mass is 9.70. The number of carboxylic acid groups (broad SMARTS) is 1. The molecular formula is C14H24N2O4. The number of aliphatic carboxylic acids is 1. The van der Waals surface area contributed by atoms with Gasteiger partial charge in [-0.3, -0.25) is 0 Å². The highest BCUT2D eigenvalue weighted by Gasteiger charge is 2.32. The zero-order valence-corrected chi connectivity index (χ0v) is 12.1. The molecule has 2 N–H and O–H groups in total. The largest absolute Gasteiger partial charge is 0.480 e. The Kier molecular flexibility index (Phi) is 4.86. The molecule has 6 heteroatoms. The third-order valence-corrected chi connectivity index (χ3v) is 4.40. The van der Waals surface area contributed by atoms with Gasteiger partial charge in [-0.15, -0.1) is 0 Å². The molecule has 1 saturated heterocycles. The highest BCUT2D eigenvalue weighted by atomic mass is 16.5. The van der Waals surface area contributed by atoms with E-state index in [1.165, 1.54) is 19.3 Å². The molecule has 0 aromatic rings. The predicted molar refractivity (Wildman–Crippen MR) is 73.5 cm³/mol. The van der Waals surface area contributed by atoms with Crippen molar-refractivity contribution in [3.63, 3.8) is 0 Å². The fourth-order valence-corrected chi connectivity index (χ4v) is 2.77. The molecule has 6 nitrogen and oxygen atoms in total. The number of ether oxygens (including phenoxy) is 1. The summed E-state index contributed by atoms with van der Waals surface area (Å²) in [6.45, 7) is 3.97. The van der Waals surface area contributed by atoms with Crippen LogP contribution in [0.15, 0.2) is 0 Å². The van der Waals surface area contributed by atoms with Crippen LogP contribution in [0.2, 0.25) is 0 Å². The van der Waals surface area contributed by atoms with Crippen LogP contribution in [-0.2, 0) is 9.53 Å². The first-order valence-corrected chi connectivity index (χ1v) is 7.35. The van der Waals surface area contributed by atoms with Gasteiger partial charge < -0.3 is 20.1 Å². The first-order valence-electron chi connectivity index (χ1n) is 7.35. The number of nitrogens with zero attached hydrogens (tertiary/aromatic N) is 1. The Bertz CT molecular complexity index is 360. The van der Waals surface area contributed by atoms with E-state index in [1.54, 1.807) is 4.90 Å². The maximum absolute atomic E-state index is 12.0. The molecular weight excluding hydrogens is 260 g/mol. The van der Waals surface area contributed by atoms with Crippen molar-refractivity contribution in [2.24, 2.45) is 5.41 Å². The van der Waals surface area contributed by atoms with Crippen LogP contribution >= 0.6 is 0 Å². The Hall–Kier alpha value is -1.30. The summed E-state index contributed by atoms with van der Waals surface area (Å²) in [5.41, 5.74) is 0.290. The second-order valence-corrected chi connectivity index (χ2v) is 6.21. The van der Waals surface area contributed by atoms with Crippen molar-refractivity contribution in [3.05, 3.63) is 0 Å². The number of carbonyl (C=O) groups excluding carboxylic acids is 1. The quantitative estimate of drug-likeness (QED) is 0.801. The third-order valence-electron chi connectivity index (χ3n) is 4.40. The van der Waals surface area contributed by atoms with E-state index in [1.807, 2.05) is 0 Å². The first-order chi connectivity index (χ1) is 9.48. The molecule has 114 valence electrons. The van der Waals surface area contributed by atoms with Gasteiger partial charge in [0.25, 0.3) is 0 Å². The average molecular weight is 284 g/mol. The molecule has 2 rings (SSSR count). The Balaban J connectivity index is 1.65. The van der Waals surface area contributed by atoms with E-state index < -0.39 is 5.97 Å². The monoisotopic (exact) mass is 284 g/mol. The molecule has 0 unspecified atom stereocenters. The Morgan fingerprint density at radius 3 is 2.50 bits per heavy atom. The number of urea groups is 1. The summed E-state index contributed by atoms with van der Waals surface area (Å²) >= 11 is 0. The minimum atomic E-state index is -0.945. The molecule has 0 aromatic heterocycles. The number of piperidine rings is 1. The number of amides is 2. The second kappa shape index (κ2) is 6.43. The molecule has 2 amide bonds. The van der Waals surface area contributed by atoms with E-state index >= 15 is 0 Å². The van der Waals surface area contributed by atoms with Crippen molar-refractivity contribution in [1.29, 1.82) is 0 Å². The van der Waals surface area contributed by atoms with Crippen LogP contribution in [0.1, 0.15) is 39.0 Å². The van der Waals surface area contributed by atoms with Gasteiger partial charge in [-0.2, -0.15) is 0 Å². The zero-order valence-electron chi connectivity index (χ0n) is 12.1. The lowest BCUT2D eigenvalue weighted by molar-refractivity contribution is -0.145. The highest BCUT2D eigenvalue weighted by Crippen LogP contribution is 2.39. The summed E-state index contributed by atoms with van der Waals surface area (Å²) in [6.07, 6.45) is 5.02. The summed E-state index contributed by atoms with van der Waals surface area (Å²) in [5, 5.41) is 11.6. The van der Waals surface area contributed by atoms with Gasteiger partial charge in [0.15, 0.2) is 0 Å². The Morgan fingerprint density at radius 2 is 2.00 bits per heavy atom. The molecule has 1 aliphatic carbocycles. The molecule has 1 saturated carbocycles. The number of nitrogens with one attached hydrogen (secondary N) is 1. The number of hydrogen-bond acceptors (Lipinski definition) is 3. The maximum Gasteiger partial charge on any atom is 0.329 e. The van der Waals surface area contributed by atoms with Gasteiger partial charge in [0.2, 0.25) is 0 Å². The van der Waals surface area contributed by atoms with Gasteiger partial charge in [-0.05, 0) is 31.1 Å². The van der Waals surface area contributed by atoms with Gasteiger partial charge in [0, 0.05) is 19.6 Å². The van der Waals surface area contributed by atoms with Crippen molar-refractivity contribution in [2.75, 3.05) is 26.2 Å². The Labute approximate surface area is 119 Å². The summed E-state index contributed by atoms with van der Waals surface area (Å²) < 4.78 is 5.26. The van der Waals surface area contributed by atoms with Crippen LogP contribution in [0.4, 0.5) is 4.79 Å². The minimum Gasteiger partial charge on any atom is -0.480 e. The van der Waals surface area contributed by atoms with Crippen LogP contribution in [0, 0.1) is 5.41 Å². The summed E-state index contributed by atoms with van der Waals surface area (Å²) in [5.74, 6) is -0.945. The highest BCUT2D eigenvalue weighted by molar-refractivity contribution is 5.74. The van der Waals surface area contributed by atoms with E-state index in [0.717, 1.165) is 6.54 Å². The van der Waals surface area contributed by atoms with E-state index in [0.29, 0.717) is 31.3 Å². The van der Waals surface area contributed by atoms with Crippen molar-refractivity contribution < 1.29 is 19.4 Å². The first kappa shape index (κ1) is 15.1. The standard InChI is InChI=1S/C14H24N2O4/c1-14(5-2-6-14)10-15-13(19)16-7-3-11(4-8-16)20-9-12(17)18/h11H,2-10H2,1H3,(H,15,19)(H,17,18). The summed E-state index contributed by atoms with van der Waals surface area (Å²) in [7, 11) is 0. The van der Waals surface area contributed by atoms with Crippen LogP contribution in [-0.4, -0.2) is 54.4 Å². The maximum atomic E-state index is 12.0. The Morgan fingerprint density at radius 1 is 1.35 bits per heavy atom. The molecule has 2 aliphatic rings.